The van der Waals surface area contributed by atoms with Crippen molar-refractivity contribution in [1.82, 2.24) is 0 Å². The Morgan fingerprint density at radius 2 is 2.25 bits per heavy atom. The highest BCUT2D eigenvalue weighted by atomic mass is 79.9. The Morgan fingerprint density at radius 1 is 1.45 bits per heavy atom. The molecule has 1 aromatic rings. The van der Waals surface area contributed by atoms with Crippen LogP contribution in [0.3, 0.4) is 0 Å². The van der Waals surface area contributed by atoms with E-state index < -0.39 is 0 Å². The highest BCUT2D eigenvalue weighted by Gasteiger charge is 2.08. The minimum absolute atomic E-state index is 0.714. The second-order valence-electron chi connectivity index (χ2n) is 4.98. The van der Waals surface area contributed by atoms with Gasteiger partial charge >= 0.3 is 0 Å². The van der Waals surface area contributed by atoms with Gasteiger partial charge in [-0.2, -0.15) is 5.26 Å². The molecule has 0 aliphatic heterocycles. The van der Waals surface area contributed by atoms with Crippen LogP contribution >= 0.6 is 15.9 Å². The Bertz CT molecular complexity index is 642. The molecule has 2 heteroatoms. The zero-order chi connectivity index (χ0) is 14.5. The summed E-state index contributed by atoms with van der Waals surface area (Å²) in [5.41, 5.74) is 5.68. The molecule has 102 valence electrons. The topological polar surface area (TPSA) is 23.8 Å². The zero-order valence-electron chi connectivity index (χ0n) is 11.9. The first-order chi connectivity index (χ1) is 9.65. The van der Waals surface area contributed by atoms with Gasteiger partial charge in [-0.1, -0.05) is 52.7 Å². The lowest BCUT2D eigenvalue weighted by Crippen LogP contribution is -1.94. The van der Waals surface area contributed by atoms with Gasteiger partial charge in [0.2, 0.25) is 0 Å². The molecule has 0 radical (unpaired) electrons. The van der Waals surface area contributed by atoms with Crippen LogP contribution < -0.4 is 0 Å². The molecule has 0 aromatic heterocycles. The van der Waals surface area contributed by atoms with Crippen molar-refractivity contribution in [2.45, 2.75) is 33.1 Å². The van der Waals surface area contributed by atoms with Crippen molar-refractivity contribution in [3.8, 4) is 6.07 Å². The van der Waals surface area contributed by atoms with Crippen LogP contribution in [0.15, 0.2) is 52.0 Å². The molecule has 0 fully saturated rings. The summed E-state index contributed by atoms with van der Waals surface area (Å²) in [6.45, 7) is 4.28. The van der Waals surface area contributed by atoms with Gasteiger partial charge in [0.25, 0.3) is 0 Å². The highest BCUT2D eigenvalue weighted by molar-refractivity contribution is 9.10. The summed E-state index contributed by atoms with van der Waals surface area (Å²) >= 11 is 3.41. The predicted octanol–water partition coefficient (Wildman–Crippen LogP) is 5.78. The normalized spacial score (nSPS) is 15.4. The van der Waals surface area contributed by atoms with E-state index in [0.717, 1.165) is 34.9 Å². The van der Waals surface area contributed by atoms with Gasteiger partial charge in [-0.3, -0.25) is 0 Å². The van der Waals surface area contributed by atoms with Crippen LogP contribution in [0.4, 0.5) is 0 Å². The van der Waals surface area contributed by atoms with E-state index in [1.807, 2.05) is 18.2 Å². The third kappa shape index (κ3) is 3.29. The molecule has 0 atom stereocenters. The summed E-state index contributed by atoms with van der Waals surface area (Å²) in [4.78, 5) is 0. The van der Waals surface area contributed by atoms with E-state index in [0.29, 0.717) is 5.56 Å². The van der Waals surface area contributed by atoms with E-state index in [1.165, 1.54) is 11.1 Å². The van der Waals surface area contributed by atoms with Crippen LogP contribution in [-0.2, 0) is 0 Å². The molecule has 20 heavy (non-hydrogen) atoms. The summed E-state index contributed by atoms with van der Waals surface area (Å²) in [5, 5.41) is 9.27. The van der Waals surface area contributed by atoms with Gasteiger partial charge in [-0.25, -0.2) is 0 Å². The zero-order valence-corrected chi connectivity index (χ0v) is 13.5. The molecule has 0 saturated carbocycles. The molecule has 0 amide bonds. The molecule has 0 saturated heterocycles. The lowest BCUT2D eigenvalue weighted by Gasteiger charge is -2.13. The molecule has 0 spiro atoms. The summed E-state index contributed by atoms with van der Waals surface area (Å²) in [6.07, 6.45) is 10.0. The SMILES string of the molecule is CCC1=C(/C=C(\C)c2ccc(Br)cc2C#N)C=CCC1. The van der Waals surface area contributed by atoms with Gasteiger partial charge in [-0.15, -0.1) is 0 Å². The van der Waals surface area contributed by atoms with Crippen molar-refractivity contribution in [3.05, 3.63) is 63.2 Å². The molecule has 1 aliphatic rings. The van der Waals surface area contributed by atoms with E-state index in [4.69, 9.17) is 0 Å². The molecule has 0 heterocycles. The average molecular weight is 328 g/mol. The van der Waals surface area contributed by atoms with Gasteiger partial charge in [0.15, 0.2) is 0 Å². The van der Waals surface area contributed by atoms with Gasteiger partial charge in [0.05, 0.1) is 11.6 Å². The minimum Gasteiger partial charge on any atom is -0.192 e. The number of rotatable bonds is 3. The fourth-order valence-electron chi connectivity index (χ4n) is 2.52. The maximum Gasteiger partial charge on any atom is 0.0998 e. The molecule has 2 rings (SSSR count). The number of benzene rings is 1. The van der Waals surface area contributed by atoms with Crippen LogP contribution in [0.2, 0.25) is 0 Å². The van der Waals surface area contributed by atoms with E-state index >= 15 is 0 Å². The number of allylic oxidation sites excluding steroid dienone is 6. The Morgan fingerprint density at radius 3 is 2.95 bits per heavy atom. The first-order valence-electron chi connectivity index (χ1n) is 6.92. The Kier molecular flexibility index (Phi) is 4.98. The Balaban J connectivity index is 2.43. The lowest BCUT2D eigenvalue weighted by atomic mass is 9.92. The largest absolute Gasteiger partial charge is 0.192 e. The lowest BCUT2D eigenvalue weighted by molar-refractivity contribution is 0.883. The smallest absolute Gasteiger partial charge is 0.0998 e. The van der Waals surface area contributed by atoms with Gasteiger partial charge in [0.1, 0.15) is 0 Å². The molecule has 0 N–H and O–H groups in total. The van der Waals surface area contributed by atoms with Crippen LogP contribution in [0.5, 0.6) is 0 Å². The fraction of sp³-hybridized carbons (Fsp3) is 0.278. The monoisotopic (exact) mass is 327 g/mol. The molecule has 1 nitrogen and oxygen atoms in total. The van der Waals surface area contributed by atoms with Crippen molar-refractivity contribution in [3.63, 3.8) is 0 Å². The molecule has 1 aromatic carbocycles. The number of halogens is 1. The number of hydrogen-bond donors (Lipinski definition) is 0. The second-order valence-corrected chi connectivity index (χ2v) is 5.90. The summed E-state index contributed by atoms with van der Waals surface area (Å²) in [5.74, 6) is 0. The number of hydrogen-bond acceptors (Lipinski definition) is 1. The van der Waals surface area contributed by atoms with Crippen molar-refractivity contribution < 1.29 is 0 Å². The maximum atomic E-state index is 9.27. The predicted molar refractivity (Wildman–Crippen MR) is 88.2 cm³/mol. The third-order valence-corrected chi connectivity index (χ3v) is 4.14. The van der Waals surface area contributed by atoms with E-state index in [2.05, 4.69) is 54.1 Å². The molecular weight excluding hydrogens is 310 g/mol. The number of nitriles is 1. The second kappa shape index (κ2) is 6.72. The van der Waals surface area contributed by atoms with E-state index in [1.54, 1.807) is 0 Å². The van der Waals surface area contributed by atoms with Gasteiger partial charge in [0, 0.05) is 4.47 Å². The van der Waals surface area contributed by atoms with Gasteiger partial charge < -0.3 is 0 Å². The van der Waals surface area contributed by atoms with Crippen molar-refractivity contribution in [2.75, 3.05) is 0 Å². The van der Waals surface area contributed by atoms with Crippen LogP contribution in [-0.4, -0.2) is 0 Å². The van der Waals surface area contributed by atoms with E-state index in [9.17, 15) is 5.26 Å². The first kappa shape index (κ1) is 14.8. The summed E-state index contributed by atoms with van der Waals surface area (Å²) in [6, 6.07) is 8.14. The Labute approximate surface area is 129 Å². The minimum atomic E-state index is 0.714. The van der Waals surface area contributed by atoms with Crippen molar-refractivity contribution >= 4 is 21.5 Å². The molecule has 0 bridgehead atoms. The Hall–Kier alpha value is -1.59. The highest BCUT2D eigenvalue weighted by Crippen LogP contribution is 2.28. The maximum absolute atomic E-state index is 9.27. The van der Waals surface area contributed by atoms with Gasteiger partial charge in [-0.05, 0) is 55.0 Å². The van der Waals surface area contributed by atoms with E-state index in [-0.39, 0.29) is 0 Å². The third-order valence-electron chi connectivity index (χ3n) is 3.64. The quantitative estimate of drug-likeness (QED) is 0.690. The van der Waals surface area contributed by atoms with Crippen molar-refractivity contribution in [1.29, 1.82) is 5.26 Å². The van der Waals surface area contributed by atoms with Crippen LogP contribution in [0.1, 0.15) is 44.2 Å². The first-order valence-corrected chi connectivity index (χ1v) is 7.72. The standard InChI is InChI=1S/C18H18BrN/c1-3-14-6-4-5-7-15(14)10-13(2)18-9-8-17(19)11-16(18)12-20/h5,7-11H,3-4,6H2,1-2H3/b13-10+. The fourth-order valence-corrected chi connectivity index (χ4v) is 2.89. The molecular formula is C18H18BrN. The summed E-state index contributed by atoms with van der Waals surface area (Å²) < 4.78 is 0.941. The average Bonchev–Trinajstić information content (AvgIpc) is 2.47. The van der Waals surface area contributed by atoms with Crippen molar-refractivity contribution in [2.24, 2.45) is 0 Å². The number of nitrogens with zero attached hydrogens (tertiary/aromatic N) is 1. The van der Waals surface area contributed by atoms with Crippen LogP contribution in [0, 0.1) is 11.3 Å². The molecule has 0 unspecified atom stereocenters. The molecule has 1 aliphatic carbocycles. The van der Waals surface area contributed by atoms with Crippen LogP contribution in [0.25, 0.3) is 5.57 Å². The summed E-state index contributed by atoms with van der Waals surface area (Å²) in [7, 11) is 0.